The molecule has 1 rings (SSSR count). The van der Waals surface area contributed by atoms with Crippen LogP contribution in [0, 0.1) is 0 Å². The molecule has 0 heterocycles. The van der Waals surface area contributed by atoms with E-state index in [0.29, 0.717) is 5.56 Å². The van der Waals surface area contributed by atoms with Gasteiger partial charge in [0.2, 0.25) is 0 Å². The van der Waals surface area contributed by atoms with Gasteiger partial charge in [-0.15, -0.1) is 0 Å². The Morgan fingerprint density at radius 2 is 1.64 bits per heavy atom. The van der Waals surface area contributed by atoms with Crippen molar-refractivity contribution in [3.8, 4) is 0 Å². The van der Waals surface area contributed by atoms with Crippen LogP contribution < -0.4 is 29.6 Å². The number of carbonyl (C=O) groups excluding carboxylic acids is 1. The predicted octanol–water partition coefficient (Wildman–Crippen LogP) is -1.11. The van der Waals surface area contributed by atoms with Gasteiger partial charge in [0.15, 0.2) is 0 Å². The zero-order valence-corrected chi connectivity index (χ0v) is 8.88. The molecule has 2 nitrogen and oxygen atoms in total. The first-order valence-electron chi connectivity index (χ1n) is 2.55. The van der Waals surface area contributed by atoms with Crippen molar-refractivity contribution in [2.75, 3.05) is 0 Å². The van der Waals surface area contributed by atoms with Crippen LogP contribution in [-0.2, 0) is 0 Å². The summed E-state index contributed by atoms with van der Waals surface area (Å²) in [6.45, 7) is 0. The third kappa shape index (κ3) is 4.56. The van der Waals surface area contributed by atoms with Gasteiger partial charge in [-0.25, -0.2) is 0 Å². The van der Waals surface area contributed by atoms with Crippen molar-refractivity contribution in [2.45, 2.75) is 0 Å². The molecule has 0 saturated heterocycles. The van der Waals surface area contributed by atoms with Crippen LogP contribution in [0.3, 0.4) is 0 Å². The van der Waals surface area contributed by atoms with Crippen molar-refractivity contribution in [2.24, 2.45) is 0 Å². The molecule has 0 aromatic heterocycles. The van der Waals surface area contributed by atoms with E-state index in [1.165, 1.54) is 0 Å². The van der Waals surface area contributed by atoms with E-state index in [4.69, 9.17) is 11.6 Å². The molecule has 0 atom stereocenters. The van der Waals surface area contributed by atoms with E-state index in [1.54, 1.807) is 24.3 Å². The van der Waals surface area contributed by atoms with Crippen molar-refractivity contribution < 1.29 is 39.8 Å². The van der Waals surface area contributed by atoms with Gasteiger partial charge in [-0.3, -0.25) is 4.79 Å². The summed E-state index contributed by atoms with van der Waals surface area (Å²) >= 11 is 5.16. The molecule has 1 aromatic carbocycles. The van der Waals surface area contributed by atoms with E-state index in [9.17, 15) is 4.79 Å². The van der Waals surface area contributed by atoms with E-state index >= 15 is 0 Å². The molecule has 0 unspecified atom stereocenters. The van der Waals surface area contributed by atoms with Crippen molar-refractivity contribution in [1.29, 1.82) is 0 Å². The summed E-state index contributed by atoms with van der Waals surface area (Å²) in [4.78, 5) is 10.4. The zero-order valence-electron chi connectivity index (χ0n) is 6.12. The number of benzene rings is 1. The van der Waals surface area contributed by atoms with Crippen molar-refractivity contribution in [1.82, 2.24) is 0 Å². The molecule has 0 aliphatic heterocycles. The van der Waals surface area contributed by atoms with E-state index in [-0.39, 0.29) is 35.0 Å². The van der Waals surface area contributed by atoms with Gasteiger partial charge in [0.1, 0.15) is 0 Å². The molecule has 54 valence electrons. The van der Waals surface area contributed by atoms with Crippen LogP contribution in [0.2, 0.25) is 0 Å². The van der Waals surface area contributed by atoms with Crippen LogP contribution in [0.15, 0.2) is 30.3 Å². The molecule has 0 aliphatic carbocycles. The number of hydrogen-bond donors (Lipinski definition) is 0. The number of halogens is 1. The van der Waals surface area contributed by atoms with Gasteiger partial charge in [0, 0.05) is 5.56 Å². The van der Waals surface area contributed by atoms with Gasteiger partial charge in [0.25, 0.3) is 5.24 Å². The Balaban J connectivity index is 0. The third-order valence-corrected chi connectivity index (χ3v) is 1.22. The second kappa shape index (κ2) is 6.83. The van der Waals surface area contributed by atoms with Crippen LogP contribution >= 0.6 is 11.6 Å². The molecule has 0 aliphatic rings. The van der Waals surface area contributed by atoms with Gasteiger partial charge in [-0.1, -0.05) is 30.3 Å². The Hall–Kier alpha value is 0.140. The topological polar surface area (TPSA) is 47.1 Å². The van der Waals surface area contributed by atoms with E-state index < -0.39 is 5.24 Å². The summed E-state index contributed by atoms with van der Waals surface area (Å²) < 4.78 is 0. The van der Waals surface area contributed by atoms with Crippen molar-refractivity contribution in [3.63, 3.8) is 0 Å². The van der Waals surface area contributed by atoms with Crippen LogP contribution in [0.25, 0.3) is 0 Å². The molecule has 1 aromatic rings. The molecule has 1 N–H and O–H groups in total. The first-order valence-corrected chi connectivity index (χ1v) is 2.93. The summed E-state index contributed by atoms with van der Waals surface area (Å²) in [5.74, 6) is 0. The van der Waals surface area contributed by atoms with Crippen molar-refractivity contribution >= 4 is 16.8 Å². The average Bonchev–Trinajstić information content (AvgIpc) is 1.90. The quantitative estimate of drug-likeness (QED) is 0.407. The molecular weight excluding hydrogens is 175 g/mol. The zero-order chi connectivity index (χ0) is 6.69. The maximum Gasteiger partial charge on any atom is 1.00 e. The largest absolute Gasteiger partial charge is 1.00 e. The molecule has 4 heteroatoms. The summed E-state index contributed by atoms with van der Waals surface area (Å²) in [7, 11) is 0. The Labute approximate surface area is 92.2 Å². The summed E-state index contributed by atoms with van der Waals surface area (Å²) in [6.07, 6.45) is 0. The van der Waals surface area contributed by atoms with Gasteiger partial charge >= 0.3 is 29.6 Å². The SMILES string of the molecule is O=C(Cl)c1ccccc1.[Na+].[OH-]. The van der Waals surface area contributed by atoms with E-state index in [2.05, 4.69) is 0 Å². The first-order chi connectivity index (χ1) is 4.30. The monoisotopic (exact) mass is 180 g/mol. The second-order valence-corrected chi connectivity index (χ2v) is 1.98. The summed E-state index contributed by atoms with van der Waals surface area (Å²) in [5, 5.41) is -0.407. The third-order valence-electron chi connectivity index (χ3n) is 1.00. The Morgan fingerprint density at radius 1 is 1.18 bits per heavy atom. The molecule has 0 amide bonds. The minimum Gasteiger partial charge on any atom is -0.870 e. The summed E-state index contributed by atoms with van der Waals surface area (Å²) in [5.41, 5.74) is 0.541. The van der Waals surface area contributed by atoms with Crippen LogP contribution in [0.4, 0.5) is 0 Å². The molecule has 0 fully saturated rings. The van der Waals surface area contributed by atoms with Gasteiger partial charge < -0.3 is 5.48 Å². The minimum atomic E-state index is -0.407. The normalized spacial score (nSPS) is 7.36. The van der Waals surface area contributed by atoms with Gasteiger partial charge in [-0.2, -0.15) is 0 Å². The fourth-order valence-corrected chi connectivity index (χ4v) is 0.695. The first kappa shape index (κ1) is 13.7. The standard InChI is InChI=1S/C7H5ClO.Na.H2O/c8-7(9)6-4-2-1-3-5-6;;/h1-5H;;1H2/q;+1;/p-1. The molecule has 0 radical (unpaired) electrons. The van der Waals surface area contributed by atoms with Gasteiger partial charge in [0.05, 0.1) is 0 Å². The number of hydrogen-bond acceptors (Lipinski definition) is 2. The predicted molar refractivity (Wildman–Crippen MR) is 38.6 cm³/mol. The van der Waals surface area contributed by atoms with Crippen LogP contribution in [-0.4, -0.2) is 10.7 Å². The average molecular weight is 181 g/mol. The molecular formula is C7H6ClNaO2. The Kier molecular flexibility index (Phi) is 8.51. The van der Waals surface area contributed by atoms with Crippen molar-refractivity contribution in [3.05, 3.63) is 35.9 Å². The molecule has 0 saturated carbocycles. The molecule has 11 heavy (non-hydrogen) atoms. The van der Waals surface area contributed by atoms with Crippen LogP contribution in [0.1, 0.15) is 10.4 Å². The molecule has 0 spiro atoms. The second-order valence-electron chi connectivity index (χ2n) is 1.64. The Morgan fingerprint density at radius 3 is 1.91 bits per heavy atom. The summed E-state index contributed by atoms with van der Waals surface area (Å²) in [6, 6.07) is 8.74. The fourth-order valence-electron chi connectivity index (χ4n) is 0.569. The number of rotatable bonds is 1. The van der Waals surface area contributed by atoms with E-state index in [0.717, 1.165) is 0 Å². The fraction of sp³-hybridized carbons (Fsp3) is 0. The maximum atomic E-state index is 10.4. The van der Waals surface area contributed by atoms with E-state index in [1.807, 2.05) is 6.07 Å². The minimum absolute atomic E-state index is 0. The number of carbonyl (C=O) groups is 1. The maximum absolute atomic E-state index is 10.4. The van der Waals surface area contributed by atoms with Gasteiger partial charge in [-0.05, 0) is 11.6 Å². The smallest absolute Gasteiger partial charge is 0.870 e. The molecule has 0 bridgehead atoms. The Bertz CT molecular complexity index is 213. The van der Waals surface area contributed by atoms with Crippen LogP contribution in [0.5, 0.6) is 0 Å².